The zero-order valence-corrected chi connectivity index (χ0v) is 32.5. The fraction of sp³-hybridized carbons (Fsp3) is 0.500. The maximum absolute atomic E-state index is 12.2. The Balaban J connectivity index is 0.000000457. The Morgan fingerprint density at radius 2 is 1.79 bits per heavy atom. The second kappa shape index (κ2) is 21.5. The van der Waals surface area contributed by atoms with Crippen LogP contribution >= 0.6 is 0 Å². The van der Waals surface area contributed by atoms with Crippen LogP contribution in [0.4, 0.5) is 5.69 Å². The number of ether oxygens (including phenoxy) is 1. The molecule has 284 valence electrons. The van der Waals surface area contributed by atoms with E-state index in [1.54, 1.807) is 19.4 Å². The smallest absolute Gasteiger partial charge is 0.271 e. The van der Waals surface area contributed by atoms with Crippen LogP contribution in [0.5, 0.6) is 5.75 Å². The fourth-order valence-corrected chi connectivity index (χ4v) is 5.18. The summed E-state index contributed by atoms with van der Waals surface area (Å²) in [6.45, 7) is 15.1. The number of amides is 2. The molecule has 1 aliphatic rings. The van der Waals surface area contributed by atoms with E-state index in [0.717, 1.165) is 61.0 Å². The number of aryl methyl sites for hydroxylation is 1. The van der Waals surface area contributed by atoms with Gasteiger partial charge in [-0.05, 0) is 56.7 Å². The van der Waals surface area contributed by atoms with Crippen LogP contribution in [0, 0.1) is 11.3 Å². The van der Waals surface area contributed by atoms with Gasteiger partial charge in [-0.1, -0.05) is 73.1 Å². The van der Waals surface area contributed by atoms with Gasteiger partial charge in [0.15, 0.2) is 0 Å². The zero-order chi connectivity index (χ0) is 38.8. The topological polar surface area (TPSA) is 181 Å². The van der Waals surface area contributed by atoms with Gasteiger partial charge in [-0.3, -0.25) is 24.7 Å². The van der Waals surface area contributed by atoms with E-state index in [4.69, 9.17) is 21.0 Å². The summed E-state index contributed by atoms with van der Waals surface area (Å²) in [5, 5.41) is 27.3. The third-order valence-electron chi connectivity index (χ3n) is 8.50. The van der Waals surface area contributed by atoms with Crippen LogP contribution in [0.2, 0.25) is 0 Å². The Hall–Kier alpha value is -4.84. The number of anilines is 1. The molecule has 0 saturated heterocycles. The molecule has 52 heavy (non-hydrogen) atoms. The minimum atomic E-state index is -0.619. The van der Waals surface area contributed by atoms with Crippen LogP contribution in [0.1, 0.15) is 104 Å². The van der Waals surface area contributed by atoms with E-state index in [0.29, 0.717) is 17.5 Å². The molecule has 0 bridgehead atoms. The first-order valence-corrected chi connectivity index (χ1v) is 18.3. The molecule has 1 saturated carbocycles. The average molecular weight is 717 g/mol. The number of aromatic nitrogens is 3. The number of aliphatic hydroxyl groups excluding tert-OH is 1. The molecule has 3 aromatic rings. The summed E-state index contributed by atoms with van der Waals surface area (Å²) < 4.78 is 7.67. The van der Waals surface area contributed by atoms with Gasteiger partial charge in [0.05, 0.1) is 30.7 Å². The molecule has 1 fully saturated rings. The second-order valence-electron chi connectivity index (χ2n) is 13.3. The van der Waals surface area contributed by atoms with Crippen molar-refractivity contribution in [2.75, 3.05) is 26.1 Å². The standard InChI is InChI=1S/C25H33N7O3.C12H19NO.C3H8/c1-5-17(6-2)32-14-16(13-29-32)18-8-7-9-19(23(18)35-4)30-20(22(27)25(34)28-3)12-21(26)31-24(33)15-10-11-15;1-4-10-6-5-7-11(13-10)12(2,3)8-9-14;1-3-2/h7-9,12-15,17,27,30H,5-6,10-11H2,1-4H3,(H,28,34)(H2,26,31,33);5-7,14H,4,8-9H2,1-3H3;3H2,1-2H3/b20-12+,27-22?;;. The number of methoxy groups -OCH3 is 1. The summed E-state index contributed by atoms with van der Waals surface area (Å²) in [5.41, 5.74) is 10.0. The van der Waals surface area contributed by atoms with Crippen LogP contribution in [0.3, 0.4) is 0 Å². The number of carbonyl (C=O) groups excluding carboxylic acids is 2. The number of nitrogens with two attached hydrogens (primary N) is 1. The van der Waals surface area contributed by atoms with E-state index >= 15 is 0 Å². The lowest BCUT2D eigenvalue weighted by molar-refractivity contribution is -0.119. The number of nitrogens with one attached hydrogen (secondary N) is 3. The van der Waals surface area contributed by atoms with Crippen molar-refractivity contribution in [3.8, 4) is 16.9 Å². The van der Waals surface area contributed by atoms with Crippen molar-refractivity contribution < 1.29 is 19.4 Å². The predicted octanol–water partition coefficient (Wildman–Crippen LogP) is 7.00. The van der Waals surface area contributed by atoms with Gasteiger partial charge in [-0.15, -0.1) is 0 Å². The van der Waals surface area contributed by atoms with Gasteiger partial charge in [0.25, 0.3) is 11.8 Å². The molecular weight excluding hydrogens is 656 g/mol. The van der Waals surface area contributed by atoms with Crippen molar-refractivity contribution in [2.45, 2.75) is 105 Å². The highest BCUT2D eigenvalue weighted by Gasteiger charge is 2.29. The van der Waals surface area contributed by atoms with Crippen molar-refractivity contribution in [1.29, 1.82) is 5.41 Å². The van der Waals surface area contributed by atoms with Crippen LogP contribution in [0.25, 0.3) is 11.1 Å². The van der Waals surface area contributed by atoms with E-state index in [-0.39, 0.29) is 41.1 Å². The van der Waals surface area contributed by atoms with E-state index in [1.807, 2.05) is 41.2 Å². The van der Waals surface area contributed by atoms with Gasteiger partial charge < -0.3 is 26.2 Å². The molecule has 2 heterocycles. The molecule has 12 heteroatoms. The van der Waals surface area contributed by atoms with Crippen LogP contribution in [-0.2, 0) is 21.4 Å². The molecule has 0 radical (unpaired) electrons. The maximum Gasteiger partial charge on any atom is 0.271 e. The number of aliphatic hydroxyl groups is 1. The highest BCUT2D eigenvalue weighted by Crippen LogP contribution is 2.37. The molecule has 0 spiro atoms. The number of hydrogen-bond donors (Lipinski definition) is 5. The number of nitrogens with zero attached hydrogens (tertiary/aromatic N) is 4. The number of pyridine rings is 1. The van der Waals surface area contributed by atoms with Gasteiger partial charge in [0.2, 0.25) is 0 Å². The highest BCUT2D eigenvalue weighted by atomic mass is 16.5. The van der Waals surface area contributed by atoms with E-state index in [1.165, 1.54) is 19.5 Å². The fourth-order valence-electron chi connectivity index (χ4n) is 5.18. The molecule has 0 aliphatic heterocycles. The van der Waals surface area contributed by atoms with E-state index in [2.05, 4.69) is 74.2 Å². The van der Waals surface area contributed by atoms with Gasteiger partial charge in [-0.2, -0.15) is 10.1 Å². The molecule has 0 unspecified atom stereocenters. The minimum absolute atomic E-state index is 0.0278. The number of aliphatic imine (C=N–C) groups is 1. The van der Waals surface area contributed by atoms with Gasteiger partial charge in [-0.25, -0.2) is 0 Å². The molecule has 12 nitrogen and oxygen atoms in total. The predicted molar refractivity (Wildman–Crippen MR) is 211 cm³/mol. The molecule has 0 atom stereocenters. The lowest BCUT2D eigenvalue weighted by Gasteiger charge is -2.23. The summed E-state index contributed by atoms with van der Waals surface area (Å²) in [4.78, 5) is 32.7. The average Bonchev–Trinajstić information content (AvgIpc) is 3.89. The van der Waals surface area contributed by atoms with Crippen LogP contribution in [-0.4, -0.2) is 64.0 Å². The molecular formula is C40H60N8O4. The Labute approximate surface area is 309 Å². The molecule has 1 aliphatic carbocycles. The van der Waals surface area contributed by atoms with Crippen molar-refractivity contribution in [3.63, 3.8) is 0 Å². The Morgan fingerprint density at radius 1 is 1.13 bits per heavy atom. The molecule has 4 rings (SSSR count). The van der Waals surface area contributed by atoms with Crippen molar-refractivity contribution >= 4 is 29.0 Å². The van der Waals surface area contributed by atoms with Crippen molar-refractivity contribution in [3.05, 3.63) is 72.0 Å². The molecule has 1 aromatic carbocycles. The lowest BCUT2D eigenvalue weighted by atomic mass is 9.85. The first kappa shape index (κ1) is 43.3. The highest BCUT2D eigenvalue weighted by molar-refractivity contribution is 6.45. The number of hydrogen-bond acceptors (Lipinski definition) is 8. The Bertz CT molecular complexity index is 1670. The normalized spacial score (nSPS) is 13.0. The third-order valence-corrected chi connectivity index (χ3v) is 8.50. The number of amidine groups is 1. The summed E-state index contributed by atoms with van der Waals surface area (Å²) in [7, 11) is 2.98. The second-order valence-corrected chi connectivity index (χ2v) is 13.3. The SMILES string of the molecule is CCC.CCC(CC)n1cc(-c2cccc(N/C(=C/C(N)=NC(=O)C3CC3)C(=N)C(=O)NC)c2OC)cn1.CCc1cccc(C(C)(C)CCO)n1. The number of benzene rings is 1. The largest absolute Gasteiger partial charge is 0.494 e. The van der Waals surface area contributed by atoms with E-state index in [9.17, 15) is 9.59 Å². The summed E-state index contributed by atoms with van der Waals surface area (Å²) in [6, 6.07) is 11.9. The third kappa shape index (κ3) is 12.7. The lowest BCUT2D eigenvalue weighted by Crippen LogP contribution is -2.31. The summed E-state index contributed by atoms with van der Waals surface area (Å²) in [6.07, 6.45) is 11.6. The number of para-hydroxylation sites is 1. The van der Waals surface area contributed by atoms with Crippen LogP contribution < -0.4 is 21.1 Å². The Kier molecular flexibility index (Phi) is 17.9. The van der Waals surface area contributed by atoms with Gasteiger partial charge in [0, 0.05) is 59.8 Å². The number of carbonyl (C=O) groups is 2. The number of rotatable bonds is 15. The maximum atomic E-state index is 12.2. The Morgan fingerprint density at radius 3 is 2.35 bits per heavy atom. The van der Waals surface area contributed by atoms with Gasteiger partial charge in [0.1, 0.15) is 17.3 Å². The quantitative estimate of drug-likeness (QED) is 0.0824. The monoisotopic (exact) mass is 716 g/mol. The molecule has 2 aromatic heterocycles. The minimum Gasteiger partial charge on any atom is -0.494 e. The molecule has 2 amide bonds. The molecule has 6 N–H and O–H groups in total. The zero-order valence-electron chi connectivity index (χ0n) is 32.5. The van der Waals surface area contributed by atoms with Crippen molar-refractivity contribution in [2.24, 2.45) is 16.6 Å². The van der Waals surface area contributed by atoms with Crippen molar-refractivity contribution in [1.82, 2.24) is 20.1 Å². The first-order valence-electron chi connectivity index (χ1n) is 18.3. The first-order chi connectivity index (χ1) is 24.8. The van der Waals surface area contributed by atoms with Gasteiger partial charge >= 0.3 is 0 Å². The van der Waals surface area contributed by atoms with Crippen LogP contribution in [0.15, 0.2) is 65.6 Å². The summed E-state index contributed by atoms with van der Waals surface area (Å²) in [5.74, 6) is -0.573. The van der Waals surface area contributed by atoms with E-state index < -0.39 is 5.91 Å². The summed E-state index contributed by atoms with van der Waals surface area (Å²) >= 11 is 0.